The molecule has 156 valence electrons. The number of halogens is 2. The van der Waals surface area contributed by atoms with Gasteiger partial charge in [-0.1, -0.05) is 70.4 Å². The van der Waals surface area contributed by atoms with Crippen molar-refractivity contribution in [3.8, 4) is 10.6 Å². The Balaban J connectivity index is 1.30. The van der Waals surface area contributed by atoms with Crippen LogP contribution in [0.5, 0.6) is 0 Å². The number of piperidine rings is 1. The summed E-state index contributed by atoms with van der Waals surface area (Å²) >= 11 is 13.7. The number of hydrogen-bond acceptors (Lipinski definition) is 5. The topological polar surface area (TPSA) is 58.1 Å². The molecule has 30 heavy (non-hydrogen) atoms. The van der Waals surface area contributed by atoms with Gasteiger partial charge in [-0.2, -0.15) is 0 Å². The molecule has 0 atom stereocenters. The minimum atomic E-state index is -0.0198. The molecule has 1 amide bonds. The molecule has 0 saturated carbocycles. The average molecular weight is 461 g/mol. The molecule has 8 heteroatoms. The van der Waals surface area contributed by atoms with Gasteiger partial charge in [-0.15, -0.1) is 10.2 Å². The van der Waals surface area contributed by atoms with Crippen molar-refractivity contribution in [3.63, 3.8) is 0 Å². The van der Waals surface area contributed by atoms with Crippen LogP contribution in [0.25, 0.3) is 10.6 Å². The van der Waals surface area contributed by atoms with Crippen LogP contribution in [0.1, 0.15) is 24.0 Å². The molecule has 1 N–H and O–H groups in total. The molecule has 2 heterocycles. The lowest BCUT2D eigenvalue weighted by molar-refractivity contribution is -0.121. The Hall–Kier alpha value is -1.99. The maximum atomic E-state index is 12.7. The molecule has 4 rings (SSSR count). The SMILES string of the molecule is Cc1ccc(-c2nnc(NC(=O)C3CCN(Cc4ccc(Cl)cc4Cl)CC3)s2)cc1. The quantitative estimate of drug-likeness (QED) is 0.532. The van der Waals surface area contributed by atoms with Gasteiger partial charge in [0.1, 0.15) is 5.01 Å². The fourth-order valence-electron chi connectivity index (χ4n) is 3.54. The van der Waals surface area contributed by atoms with Crippen LogP contribution >= 0.6 is 34.5 Å². The number of aromatic nitrogens is 2. The van der Waals surface area contributed by atoms with Crippen LogP contribution in [0.2, 0.25) is 10.0 Å². The minimum absolute atomic E-state index is 0.0192. The largest absolute Gasteiger partial charge is 0.300 e. The van der Waals surface area contributed by atoms with Crippen LogP contribution in [-0.2, 0) is 11.3 Å². The predicted molar refractivity (Wildman–Crippen MR) is 123 cm³/mol. The molecule has 1 saturated heterocycles. The van der Waals surface area contributed by atoms with Gasteiger partial charge in [-0.25, -0.2) is 0 Å². The van der Waals surface area contributed by atoms with E-state index < -0.39 is 0 Å². The lowest BCUT2D eigenvalue weighted by Gasteiger charge is -2.31. The molecule has 0 spiro atoms. The molecule has 3 aromatic rings. The number of amides is 1. The third-order valence-electron chi connectivity index (χ3n) is 5.32. The van der Waals surface area contributed by atoms with Crippen molar-refractivity contribution in [2.75, 3.05) is 18.4 Å². The first-order chi connectivity index (χ1) is 14.5. The van der Waals surface area contributed by atoms with Crippen molar-refractivity contribution in [3.05, 3.63) is 63.6 Å². The van der Waals surface area contributed by atoms with Crippen molar-refractivity contribution in [2.45, 2.75) is 26.3 Å². The summed E-state index contributed by atoms with van der Waals surface area (Å²) in [5, 5.41) is 14.0. The zero-order chi connectivity index (χ0) is 21.1. The first kappa shape index (κ1) is 21.2. The normalized spacial score (nSPS) is 15.3. The minimum Gasteiger partial charge on any atom is -0.300 e. The summed E-state index contributed by atoms with van der Waals surface area (Å²) in [5.41, 5.74) is 3.26. The molecule has 2 aromatic carbocycles. The number of aryl methyl sites for hydroxylation is 1. The van der Waals surface area contributed by atoms with E-state index in [1.165, 1.54) is 16.9 Å². The van der Waals surface area contributed by atoms with Crippen LogP contribution in [0.15, 0.2) is 42.5 Å². The van der Waals surface area contributed by atoms with E-state index in [9.17, 15) is 4.79 Å². The summed E-state index contributed by atoms with van der Waals surface area (Å²) < 4.78 is 0. The van der Waals surface area contributed by atoms with E-state index in [4.69, 9.17) is 23.2 Å². The standard InChI is InChI=1S/C22H22Cl2N4OS/c1-14-2-4-16(5-3-14)21-26-27-22(30-21)25-20(29)15-8-10-28(11-9-15)13-17-6-7-18(23)12-19(17)24/h2-7,12,15H,8-11,13H2,1H3,(H,25,27,29). The summed E-state index contributed by atoms with van der Waals surface area (Å²) in [6, 6.07) is 13.7. The summed E-state index contributed by atoms with van der Waals surface area (Å²) in [7, 11) is 0. The number of carbonyl (C=O) groups excluding carboxylic acids is 1. The highest BCUT2D eigenvalue weighted by Gasteiger charge is 2.26. The molecule has 1 aliphatic rings. The highest BCUT2D eigenvalue weighted by atomic mass is 35.5. The molecule has 0 radical (unpaired) electrons. The Labute approximate surface area is 190 Å². The molecular weight excluding hydrogens is 439 g/mol. The first-order valence-electron chi connectivity index (χ1n) is 9.85. The van der Waals surface area contributed by atoms with Gasteiger partial charge in [0, 0.05) is 28.1 Å². The zero-order valence-electron chi connectivity index (χ0n) is 16.6. The Bertz CT molecular complexity index is 1030. The van der Waals surface area contributed by atoms with Gasteiger partial charge in [0.05, 0.1) is 0 Å². The average Bonchev–Trinajstić information content (AvgIpc) is 3.19. The molecule has 5 nitrogen and oxygen atoms in total. The van der Waals surface area contributed by atoms with Crippen molar-refractivity contribution in [2.24, 2.45) is 5.92 Å². The van der Waals surface area contributed by atoms with Gasteiger partial charge in [-0.3, -0.25) is 9.69 Å². The number of anilines is 1. The van der Waals surface area contributed by atoms with Crippen LogP contribution < -0.4 is 5.32 Å². The lowest BCUT2D eigenvalue weighted by atomic mass is 9.95. The molecule has 1 aliphatic heterocycles. The maximum absolute atomic E-state index is 12.7. The molecule has 1 aromatic heterocycles. The lowest BCUT2D eigenvalue weighted by Crippen LogP contribution is -2.37. The summed E-state index contributed by atoms with van der Waals surface area (Å²) in [6.07, 6.45) is 1.61. The number of hydrogen-bond donors (Lipinski definition) is 1. The highest BCUT2D eigenvalue weighted by molar-refractivity contribution is 7.18. The van der Waals surface area contributed by atoms with Crippen molar-refractivity contribution >= 4 is 45.6 Å². The predicted octanol–water partition coefficient (Wildman–Crippen LogP) is 5.67. The molecule has 1 fully saturated rings. The Kier molecular flexibility index (Phi) is 6.68. The van der Waals surface area contributed by atoms with E-state index in [1.807, 2.05) is 43.3 Å². The van der Waals surface area contributed by atoms with Gasteiger partial charge >= 0.3 is 0 Å². The summed E-state index contributed by atoms with van der Waals surface area (Å²) in [4.78, 5) is 15.0. The van der Waals surface area contributed by atoms with E-state index in [2.05, 4.69) is 20.4 Å². The summed E-state index contributed by atoms with van der Waals surface area (Å²) in [6.45, 7) is 4.51. The Morgan fingerprint density at radius 2 is 1.87 bits per heavy atom. The van der Waals surface area contributed by atoms with Crippen LogP contribution in [0.4, 0.5) is 5.13 Å². The molecule has 0 bridgehead atoms. The van der Waals surface area contributed by atoms with Crippen LogP contribution in [0, 0.1) is 12.8 Å². The van der Waals surface area contributed by atoms with Crippen molar-refractivity contribution in [1.82, 2.24) is 15.1 Å². The summed E-state index contributed by atoms with van der Waals surface area (Å²) in [5.74, 6) is -0.000513. The highest BCUT2D eigenvalue weighted by Crippen LogP contribution is 2.28. The van der Waals surface area contributed by atoms with Crippen LogP contribution in [0.3, 0.4) is 0 Å². The third kappa shape index (κ3) is 5.19. The zero-order valence-corrected chi connectivity index (χ0v) is 18.9. The van der Waals surface area contributed by atoms with Gasteiger partial charge in [-0.05, 0) is 50.6 Å². The second-order valence-electron chi connectivity index (χ2n) is 7.55. The van der Waals surface area contributed by atoms with Crippen molar-refractivity contribution in [1.29, 1.82) is 0 Å². The third-order valence-corrected chi connectivity index (χ3v) is 6.80. The monoisotopic (exact) mass is 460 g/mol. The van der Waals surface area contributed by atoms with Crippen LogP contribution in [-0.4, -0.2) is 34.1 Å². The second kappa shape index (κ2) is 9.43. The van der Waals surface area contributed by atoms with Gasteiger partial charge in [0.25, 0.3) is 0 Å². The number of likely N-dealkylation sites (tertiary alicyclic amines) is 1. The van der Waals surface area contributed by atoms with E-state index in [-0.39, 0.29) is 11.8 Å². The van der Waals surface area contributed by atoms with E-state index in [0.717, 1.165) is 48.6 Å². The smallest absolute Gasteiger partial charge is 0.229 e. The maximum Gasteiger partial charge on any atom is 0.229 e. The fraction of sp³-hybridized carbons (Fsp3) is 0.318. The van der Waals surface area contributed by atoms with E-state index >= 15 is 0 Å². The number of rotatable bonds is 5. The number of benzene rings is 2. The number of nitrogens with one attached hydrogen (secondary N) is 1. The number of carbonyl (C=O) groups is 1. The fourth-order valence-corrected chi connectivity index (χ4v) is 4.76. The van der Waals surface area contributed by atoms with Crippen molar-refractivity contribution < 1.29 is 4.79 Å². The van der Waals surface area contributed by atoms with Gasteiger partial charge in [0.15, 0.2) is 0 Å². The van der Waals surface area contributed by atoms with E-state index in [1.54, 1.807) is 6.07 Å². The molecular formula is C22H22Cl2N4OS. The Morgan fingerprint density at radius 1 is 1.13 bits per heavy atom. The van der Waals surface area contributed by atoms with Gasteiger partial charge < -0.3 is 5.32 Å². The first-order valence-corrected chi connectivity index (χ1v) is 11.4. The van der Waals surface area contributed by atoms with Gasteiger partial charge in [0.2, 0.25) is 11.0 Å². The Morgan fingerprint density at radius 3 is 2.57 bits per heavy atom. The number of nitrogens with zero attached hydrogens (tertiary/aromatic N) is 3. The second-order valence-corrected chi connectivity index (χ2v) is 9.37. The molecule has 0 aliphatic carbocycles. The molecule has 0 unspecified atom stereocenters. The van der Waals surface area contributed by atoms with E-state index in [0.29, 0.717) is 15.2 Å².